The fourth-order valence-corrected chi connectivity index (χ4v) is 9.70. The lowest BCUT2D eigenvalue weighted by molar-refractivity contribution is -0.172. The Morgan fingerprint density at radius 1 is 0.958 bits per heavy atom. The first-order valence-corrected chi connectivity index (χ1v) is 23.2. The van der Waals surface area contributed by atoms with Crippen LogP contribution >= 0.6 is 0 Å². The summed E-state index contributed by atoms with van der Waals surface area (Å²) in [5, 5.41) is 24.7. The van der Waals surface area contributed by atoms with E-state index in [0.717, 1.165) is 0 Å². The standard InChI is InChI=1S/C48H53FN10O12/c1-3-48(69)29-15-35-43-27(21-59(35)46(67)28(29)22-70-47(48)68)42-31(12-11-26-24(2)30(49)16-32(56-43)41(26)42)54-39(63)23-71-57-45(66)34-10-7-13-58(34)40(64)20-52-37(61)18-53-44(65)33(14-25-8-5-4-6-9-25)55-38(62)19-51-36(60)17-50/h4-6,8-9,15-16,31,33-34,69H,3,7,10-14,17-23,50H2,1-2H3,(H,51,60)(H,52,61)(H,53,65)(H,54,63)(H,55,62)(H,57,66)/t31-,33-,34-,48-/m0/s1. The molecular formula is C48H53FN10O12. The Bertz CT molecular complexity index is 2930. The first-order chi connectivity index (χ1) is 34.0. The number of pyridine rings is 2. The van der Waals surface area contributed by atoms with Crippen LogP contribution in [0.15, 0.2) is 47.3 Å². The van der Waals surface area contributed by atoms with Crippen molar-refractivity contribution >= 4 is 58.2 Å². The van der Waals surface area contributed by atoms with Gasteiger partial charge < -0.3 is 51.6 Å². The summed E-state index contributed by atoms with van der Waals surface area (Å²) in [6, 6.07) is 8.87. The minimum absolute atomic E-state index is 0.0377. The van der Waals surface area contributed by atoms with E-state index in [2.05, 4.69) is 32.1 Å². The molecule has 7 amide bonds. The lowest BCUT2D eigenvalue weighted by Crippen LogP contribution is -2.53. The molecule has 0 spiro atoms. The number of carbonyl (C=O) groups is 8. The summed E-state index contributed by atoms with van der Waals surface area (Å²) in [6.07, 6.45) is 1.47. The van der Waals surface area contributed by atoms with Crippen molar-refractivity contribution in [1.29, 1.82) is 0 Å². The van der Waals surface area contributed by atoms with Gasteiger partial charge in [-0.2, -0.15) is 0 Å². The maximum Gasteiger partial charge on any atom is 0.343 e. The van der Waals surface area contributed by atoms with Crippen LogP contribution in [-0.2, 0) is 79.5 Å². The van der Waals surface area contributed by atoms with Crippen LogP contribution in [0.25, 0.3) is 22.3 Å². The Hall–Kier alpha value is -7.63. The smallest absolute Gasteiger partial charge is 0.343 e. The summed E-state index contributed by atoms with van der Waals surface area (Å²) >= 11 is 0. The molecule has 23 heteroatoms. The Labute approximate surface area is 404 Å². The van der Waals surface area contributed by atoms with Crippen LogP contribution in [0.2, 0.25) is 0 Å². The maximum atomic E-state index is 15.4. The molecule has 1 aliphatic carbocycles. The molecule has 2 aromatic carbocycles. The monoisotopic (exact) mass is 980 g/mol. The van der Waals surface area contributed by atoms with E-state index in [1.54, 1.807) is 50.2 Å². The van der Waals surface area contributed by atoms with Gasteiger partial charge in [-0.25, -0.2) is 19.6 Å². The van der Waals surface area contributed by atoms with Crippen LogP contribution in [0.3, 0.4) is 0 Å². The molecule has 4 aromatic rings. The molecule has 0 unspecified atom stereocenters. The number of nitrogens with one attached hydrogen (secondary N) is 6. The molecule has 8 rings (SSSR count). The normalized spacial score (nSPS) is 18.8. The predicted octanol–water partition coefficient (Wildman–Crippen LogP) is -1.30. The van der Waals surface area contributed by atoms with Gasteiger partial charge in [-0.1, -0.05) is 37.3 Å². The van der Waals surface area contributed by atoms with Crippen molar-refractivity contribution in [3.05, 3.63) is 97.6 Å². The number of aryl methyl sites for hydroxylation is 1. The zero-order chi connectivity index (χ0) is 50.7. The van der Waals surface area contributed by atoms with E-state index in [4.69, 9.17) is 20.3 Å². The van der Waals surface area contributed by atoms with Crippen molar-refractivity contribution in [2.45, 2.75) is 89.3 Å². The average Bonchev–Trinajstić information content (AvgIpc) is 4.01. The summed E-state index contributed by atoms with van der Waals surface area (Å²) in [5.41, 5.74) is 9.26. The summed E-state index contributed by atoms with van der Waals surface area (Å²) < 4.78 is 22.0. The number of aromatic nitrogens is 2. The molecule has 1 saturated heterocycles. The van der Waals surface area contributed by atoms with Gasteiger partial charge in [0.05, 0.1) is 61.2 Å². The van der Waals surface area contributed by atoms with Crippen LogP contribution in [0.4, 0.5) is 4.39 Å². The van der Waals surface area contributed by atoms with Gasteiger partial charge in [0, 0.05) is 35.5 Å². The number of aliphatic hydroxyl groups is 1. The molecule has 5 heterocycles. The number of likely N-dealkylation sites (tertiary alicyclic amines) is 1. The molecule has 374 valence electrons. The minimum Gasteiger partial charge on any atom is -0.458 e. The summed E-state index contributed by atoms with van der Waals surface area (Å²) in [4.78, 5) is 128. The zero-order valence-corrected chi connectivity index (χ0v) is 38.9. The molecular weight excluding hydrogens is 928 g/mol. The second-order valence-electron chi connectivity index (χ2n) is 17.8. The van der Waals surface area contributed by atoms with Gasteiger partial charge in [0.2, 0.25) is 35.4 Å². The third-order valence-electron chi connectivity index (χ3n) is 13.4. The number of hydrogen-bond acceptors (Lipinski definition) is 14. The van der Waals surface area contributed by atoms with Gasteiger partial charge in [0.1, 0.15) is 24.5 Å². The number of amides is 7. The van der Waals surface area contributed by atoms with Crippen LogP contribution in [0, 0.1) is 12.7 Å². The van der Waals surface area contributed by atoms with Crippen LogP contribution in [-0.4, -0.2) is 118 Å². The lowest BCUT2D eigenvalue weighted by atomic mass is 9.81. The first kappa shape index (κ1) is 49.8. The second kappa shape index (κ2) is 20.8. The third kappa shape index (κ3) is 10.1. The van der Waals surface area contributed by atoms with Crippen LogP contribution in [0.5, 0.6) is 0 Å². The van der Waals surface area contributed by atoms with Gasteiger partial charge in [0.25, 0.3) is 11.5 Å². The van der Waals surface area contributed by atoms with Gasteiger partial charge >= 0.3 is 5.97 Å². The molecule has 2 aromatic heterocycles. The number of fused-ring (bicyclic) bond motifs is 5. The summed E-state index contributed by atoms with van der Waals surface area (Å²) in [5.74, 6) is -5.91. The first-order valence-electron chi connectivity index (χ1n) is 23.2. The molecule has 4 atom stereocenters. The number of benzene rings is 2. The van der Waals surface area contributed by atoms with E-state index >= 15 is 4.39 Å². The average molecular weight is 981 g/mol. The lowest BCUT2D eigenvalue weighted by Gasteiger charge is -2.31. The van der Waals surface area contributed by atoms with Crippen molar-refractivity contribution in [3.8, 4) is 11.4 Å². The highest BCUT2D eigenvalue weighted by atomic mass is 19.1. The fraction of sp³-hybridized carbons (Fsp3) is 0.417. The number of carbonyl (C=O) groups excluding carboxylic acids is 8. The van der Waals surface area contributed by atoms with E-state index in [0.29, 0.717) is 69.4 Å². The van der Waals surface area contributed by atoms with E-state index in [1.807, 2.05) is 0 Å². The number of halogens is 1. The van der Waals surface area contributed by atoms with Gasteiger partial charge in [-0.3, -0.25) is 43.2 Å². The molecule has 0 radical (unpaired) electrons. The van der Waals surface area contributed by atoms with Crippen molar-refractivity contribution < 1.29 is 57.4 Å². The highest BCUT2D eigenvalue weighted by molar-refractivity contribution is 5.96. The Balaban J connectivity index is 0.864. The predicted molar refractivity (Wildman–Crippen MR) is 247 cm³/mol. The van der Waals surface area contributed by atoms with Gasteiger partial charge in [-0.15, -0.1) is 0 Å². The van der Waals surface area contributed by atoms with Crippen molar-refractivity contribution in [3.63, 3.8) is 0 Å². The Morgan fingerprint density at radius 2 is 1.70 bits per heavy atom. The molecule has 0 bridgehead atoms. The van der Waals surface area contributed by atoms with E-state index in [9.17, 15) is 48.3 Å². The fourth-order valence-electron chi connectivity index (χ4n) is 9.70. The topological polar surface area (TPSA) is 312 Å². The number of hydrogen-bond donors (Lipinski definition) is 8. The number of cyclic esters (lactones) is 1. The van der Waals surface area contributed by atoms with E-state index in [1.165, 1.54) is 15.5 Å². The van der Waals surface area contributed by atoms with Crippen molar-refractivity contribution in [2.75, 3.05) is 39.3 Å². The molecule has 22 nitrogen and oxygen atoms in total. The molecule has 4 aliphatic rings. The second-order valence-corrected chi connectivity index (χ2v) is 17.8. The van der Waals surface area contributed by atoms with Crippen LogP contribution in [0.1, 0.15) is 77.6 Å². The number of ether oxygens (including phenoxy) is 1. The van der Waals surface area contributed by atoms with Crippen LogP contribution < -0.4 is 43.4 Å². The number of rotatable bonds is 17. The molecule has 1 fully saturated rings. The molecule has 0 saturated carbocycles. The highest BCUT2D eigenvalue weighted by Crippen LogP contribution is 2.46. The third-order valence-corrected chi connectivity index (χ3v) is 13.4. The number of esters is 1. The van der Waals surface area contributed by atoms with E-state index < -0.39 is 109 Å². The minimum atomic E-state index is -2.06. The Morgan fingerprint density at radius 3 is 2.45 bits per heavy atom. The number of nitrogens with zero attached hydrogens (tertiary/aromatic N) is 3. The number of hydroxylamine groups is 1. The van der Waals surface area contributed by atoms with E-state index in [-0.39, 0.29) is 56.6 Å². The number of nitrogens with two attached hydrogens (primary N) is 1. The Kier molecular flexibility index (Phi) is 14.6. The van der Waals surface area contributed by atoms with Gasteiger partial charge in [-0.05, 0) is 67.3 Å². The molecule has 9 N–H and O–H groups in total. The summed E-state index contributed by atoms with van der Waals surface area (Å²) in [7, 11) is 0. The maximum absolute atomic E-state index is 15.4. The largest absolute Gasteiger partial charge is 0.458 e. The molecule has 71 heavy (non-hydrogen) atoms. The summed E-state index contributed by atoms with van der Waals surface area (Å²) in [6.45, 7) is 0.733. The zero-order valence-electron chi connectivity index (χ0n) is 38.9. The highest BCUT2D eigenvalue weighted by Gasteiger charge is 2.46. The van der Waals surface area contributed by atoms with Crippen molar-refractivity contribution in [2.24, 2.45) is 5.73 Å². The van der Waals surface area contributed by atoms with Crippen molar-refractivity contribution in [1.82, 2.24) is 46.5 Å². The SMILES string of the molecule is CC[C@@]1(O)C(=O)OCc2c1cc1n(c2=O)Cc2c-1nc1cc(F)c(C)c3c1c2[C@@H](NC(=O)CONC(=O)[C@@H]1CCCN1C(=O)CNC(=O)CNC(=O)[C@H](Cc1ccccc1)NC(=O)CNC(=O)CN)CC3. The van der Waals surface area contributed by atoms with Gasteiger partial charge in [0.15, 0.2) is 12.2 Å². The molecule has 3 aliphatic heterocycles. The quantitative estimate of drug-likeness (QED) is 0.0397.